The molecular weight excluding hydrogens is 451 g/mol. The molecule has 3 rings (SSSR count). The maximum atomic E-state index is 13.0. The number of fused-ring (bicyclic) bond motifs is 1. The lowest BCUT2D eigenvalue weighted by atomic mass is 9.75. The first-order valence-electron chi connectivity index (χ1n) is 11.8. The second-order valence-electron chi connectivity index (χ2n) is 10.1. The van der Waals surface area contributed by atoms with Crippen molar-refractivity contribution in [3.63, 3.8) is 0 Å². The van der Waals surface area contributed by atoms with Gasteiger partial charge in [-0.25, -0.2) is 4.79 Å². The molecule has 190 valence electrons. The van der Waals surface area contributed by atoms with Crippen LogP contribution >= 0.6 is 0 Å². The van der Waals surface area contributed by atoms with E-state index in [1.807, 2.05) is 0 Å². The standard InChI is InChI=1S/C25H34F3NO5/c1-12(2)16-7-6-13(3)10-19(16)34-23(32)22(31)20-14(4)17-8-9-29(24(33)25(26,27)28)11-18(17)15(5)21(20)30/h12-13,16,19,22,30-31H,6-11H2,1-5H3/t13?,16?,19?,22-/m0/s1. The first-order chi connectivity index (χ1) is 15.7. The van der Waals surface area contributed by atoms with Crippen LogP contribution in [0.1, 0.15) is 74.0 Å². The predicted molar refractivity (Wildman–Crippen MR) is 119 cm³/mol. The van der Waals surface area contributed by atoms with E-state index in [0.29, 0.717) is 39.8 Å². The highest BCUT2D eigenvalue weighted by molar-refractivity contribution is 5.83. The first kappa shape index (κ1) is 26.3. The van der Waals surface area contributed by atoms with Crippen molar-refractivity contribution < 1.29 is 37.7 Å². The van der Waals surface area contributed by atoms with E-state index < -0.39 is 24.2 Å². The fraction of sp³-hybridized carbons (Fsp3) is 0.680. The summed E-state index contributed by atoms with van der Waals surface area (Å²) < 4.78 is 44.4. The fourth-order valence-corrected chi connectivity index (χ4v) is 5.48. The third-order valence-corrected chi connectivity index (χ3v) is 7.52. The highest BCUT2D eigenvalue weighted by Gasteiger charge is 2.44. The number of carbonyl (C=O) groups excluding carboxylic acids is 2. The molecule has 1 aromatic rings. The molecule has 1 saturated carbocycles. The Morgan fingerprint density at radius 1 is 1.12 bits per heavy atom. The summed E-state index contributed by atoms with van der Waals surface area (Å²) in [6.07, 6.45) is -4.21. The van der Waals surface area contributed by atoms with Gasteiger partial charge >= 0.3 is 18.1 Å². The number of esters is 1. The third kappa shape index (κ3) is 5.04. The molecule has 1 aliphatic heterocycles. The topological polar surface area (TPSA) is 87.1 Å². The number of benzene rings is 1. The summed E-state index contributed by atoms with van der Waals surface area (Å²) >= 11 is 0. The van der Waals surface area contributed by atoms with E-state index in [1.54, 1.807) is 6.92 Å². The van der Waals surface area contributed by atoms with E-state index in [4.69, 9.17) is 4.74 Å². The van der Waals surface area contributed by atoms with Gasteiger partial charge in [0.2, 0.25) is 0 Å². The number of aliphatic hydroxyl groups excluding tert-OH is 1. The Hall–Kier alpha value is -2.29. The SMILES string of the molecule is Cc1c(O)c([C@H](O)C(=O)OC2CC(C)CCC2C(C)C)c(C)c2c1CN(C(=O)C(F)(F)F)CC2. The average molecular weight is 486 g/mol. The van der Waals surface area contributed by atoms with Crippen LogP contribution in [0.2, 0.25) is 0 Å². The van der Waals surface area contributed by atoms with Crippen molar-refractivity contribution >= 4 is 11.9 Å². The van der Waals surface area contributed by atoms with Crippen LogP contribution in [0, 0.1) is 31.6 Å². The monoisotopic (exact) mass is 485 g/mol. The molecule has 1 aromatic carbocycles. The summed E-state index contributed by atoms with van der Waals surface area (Å²) in [5, 5.41) is 21.7. The summed E-state index contributed by atoms with van der Waals surface area (Å²) in [5.41, 5.74) is 1.73. The molecule has 3 unspecified atom stereocenters. The van der Waals surface area contributed by atoms with Gasteiger partial charge in [0.25, 0.3) is 0 Å². The van der Waals surface area contributed by atoms with Gasteiger partial charge < -0.3 is 19.8 Å². The van der Waals surface area contributed by atoms with Gasteiger partial charge in [-0.05, 0) is 73.1 Å². The number of aromatic hydroxyl groups is 1. The number of phenolic OH excluding ortho intramolecular Hbond substituents is 1. The van der Waals surface area contributed by atoms with Crippen molar-refractivity contribution in [2.45, 2.75) is 85.2 Å². The Balaban J connectivity index is 1.87. The van der Waals surface area contributed by atoms with Crippen molar-refractivity contribution in [3.8, 4) is 5.75 Å². The molecule has 0 aromatic heterocycles. The average Bonchev–Trinajstić information content (AvgIpc) is 2.75. The number of amides is 1. The number of carbonyl (C=O) groups is 2. The van der Waals surface area contributed by atoms with Gasteiger partial charge in [-0.2, -0.15) is 13.2 Å². The van der Waals surface area contributed by atoms with Gasteiger partial charge in [0.15, 0.2) is 6.10 Å². The van der Waals surface area contributed by atoms with Crippen LogP contribution in [0.25, 0.3) is 0 Å². The molecule has 1 aliphatic carbocycles. The number of phenols is 1. The Morgan fingerprint density at radius 3 is 2.35 bits per heavy atom. The Bertz CT molecular complexity index is 959. The Labute approximate surface area is 198 Å². The zero-order valence-corrected chi connectivity index (χ0v) is 20.3. The van der Waals surface area contributed by atoms with Crippen LogP contribution in [0.15, 0.2) is 0 Å². The predicted octanol–water partition coefficient (Wildman–Crippen LogP) is 4.49. The molecule has 4 atom stereocenters. The first-order valence-corrected chi connectivity index (χ1v) is 11.8. The normalized spacial score (nSPS) is 24.1. The van der Waals surface area contributed by atoms with Crippen molar-refractivity contribution in [2.24, 2.45) is 17.8 Å². The van der Waals surface area contributed by atoms with Gasteiger partial charge in [0, 0.05) is 18.7 Å². The molecule has 1 fully saturated rings. The number of aliphatic hydroxyl groups is 1. The quantitative estimate of drug-likeness (QED) is 0.614. The van der Waals surface area contributed by atoms with Crippen LogP contribution in [0.5, 0.6) is 5.75 Å². The molecule has 1 heterocycles. The minimum atomic E-state index is -4.98. The zero-order valence-electron chi connectivity index (χ0n) is 20.3. The number of nitrogens with zero attached hydrogens (tertiary/aromatic N) is 1. The number of alkyl halides is 3. The molecule has 0 radical (unpaired) electrons. The Kier molecular flexibility index (Phi) is 7.55. The lowest BCUT2D eigenvalue weighted by molar-refractivity contribution is -0.186. The van der Waals surface area contributed by atoms with Gasteiger partial charge in [0.1, 0.15) is 11.9 Å². The summed E-state index contributed by atoms with van der Waals surface area (Å²) in [5.74, 6) is -2.24. The van der Waals surface area contributed by atoms with Gasteiger partial charge in [0.05, 0.1) is 0 Å². The summed E-state index contributed by atoms with van der Waals surface area (Å²) in [4.78, 5) is 25.4. The zero-order chi connectivity index (χ0) is 25.5. The molecule has 2 N–H and O–H groups in total. The van der Waals surface area contributed by atoms with E-state index in [9.17, 15) is 33.0 Å². The highest BCUT2D eigenvalue weighted by atomic mass is 19.4. The second-order valence-corrected chi connectivity index (χ2v) is 10.1. The van der Waals surface area contributed by atoms with Crippen molar-refractivity contribution in [1.29, 1.82) is 0 Å². The van der Waals surface area contributed by atoms with Gasteiger partial charge in [-0.1, -0.05) is 27.2 Å². The van der Waals surface area contributed by atoms with Crippen molar-refractivity contribution in [3.05, 3.63) is 27.8 Å². The molecule has 1 amide bonds. The van der Waals surface area contributed by atoms with E-state index in [0.717, 1.165) is 12.8 Å². The maximum absolute atomic E-state index is 13.0. The lowest BCUT2D eigenvalue weighted by Crippen LogP contribution is -2.44. The number of hydrogen-bond donors (Lipinski definition) is 2. The van der Waals surface area contributed by atoms with Gasteiger partial charge in [-0.3, -0.25) is 4.79 Å². The Morgan fingerprint density at radius 2 is 1.76 bits per heavy atom. The van der Waals surface area contributed by atoms with Crippen molar-refractivity contribution in [2.75, 3.05) is 6.54 Å². The second kappa shape index (κ2) is 9.76. The number of halogens is 3. The minimum Gasteiger partial charge on any atom is -0.507 e. The number of hydrogen-bond acceptors (Lipinski definition) is 5. The van der Waals surface area contributed by atoms with Crippen LogP contribution in [0.3, 0.4) is 0 Å². The van der Waals surface area contributed by atoms with Crippen LogP contribution < -0.4 is 0 Å². The summed E-state index contributed by atoms with van der Waals surface area (Å²) in [7, 11) is 0. The molecular formula is C25H34F3NO5. The molecule has 6 nitrogen and oxygen atoms in total. The lowest BCUT2D eigenvalue weighted by Gasteiger charge is -2.37. The van der Waals surface area contributed by atoms with E-state index in [2.05, 4.69) is 20.8 Å². The molecule has 0 bridgehead atoms. The largest absolute Gasteiger partial charge is 0.507 e. The van der Waals surface area contributed by atoms with Crippen molar-refractivity contribution in [1.82, 2.24) is 4.90 Å². The number of ether oxygens (including phenoxy) is 1. The fourth-order valence-electron chi connectivity index (χ4n) is 5.48. The third-order valence-electron chi connectivity index (χ3n) is 7.52. The molecule has 0 spiro atoms. The molecule has 0 saturated heterocycles. The summed E-state index contributed by atoms with van der Waals surface area (Å²) in [6.45, 7) is 8.93. The smallest absolute Gasteiger partial charge is 0.471 e. The van der Waals surface area contributed by atoms with Crippen LogP contribution in [0.4, 0.5) is 13.2 Å². The highest BCUT2D eigenvalue weighted by Crippen LogP contribution is 2.41. The maximum Gasteiger partial charge on any atom is 0.471 e. The van der Waals surface area contributed by atoms with Crippen LogP contribution in [-0.4, -0.2) is 45.8 Å². The minimum absolute atomic E-state index is 0.0156. The molecule has 2 aliphatic rings. The molecule has 34 heavy (non-hydrogen) atoms. The van der Waals surface area contributed by atoms with E-state index in [1.165, 1.54) is 6.92 Å². The summed E-state index contributed by atoms with van der Waals surface area (Å²) in [6, 6.07) is 0. The van der Waals surface area contributed by atoms with E-state index in [-0.39, 0.29) is 48.4 Å². The van der Waals surface area contributed by atoms with Gasteiger partial charge in [-0.15, -0.1) is 0 Å². The van der Waals surface area contributed by atoms with Crippen LogP contribution in [-0.2, 0) is 27.3 Å². The van der Waals surface area contributed by atoms with E-state index >= 15 is 0 Å². The molecule has 9 heteroatoms. The number of rotatable bonds is 4.